The molecule has 8 nitrogen and oxygen atoms in total. The number of hydrogen-bond donors (Lipinski definition) is 2. The molecule has 1 aliphatic heterocycles. The number of halogens is 1. The van der Waals surface area contributed by atoms with Gasteiger partial charge in [-0.1, -0.05) is 12.1 Å². The minimum absolute atomic E-state index is 0. The highest BCUT2D eigenvalue weighted by atomic mass is 35.5. The van der Waals surface area contributed by atoms with E-state index in [1.165, 1.54) is 19.2 Å². The van der Waals surface area contributed by atoms with Crippen LogP contribution >= 0.6 is 0 Å². The number of nitro groups is 1. The summed E-state index contributed by atoms with van der Waals surface area (Å²) in [6.07, 6.45) is 0.684. The molecule has 0 spiro atoms. The van der Waals surface area contributed by atoms with Gasteiger partial charge in [-0.25, -0.2) is 4.79 Å². The fourth-order valence-electron chi connectivity index (χ4n) is 3.70. The number of quaternary nitrogens is 1. The maximum Gasteiger partial charge on any atom is 0.359 e. The summed E-state index contributed by atoms with van der Waals surface area (Å²) in [5.74, 6) is 0.239. The number of carbonyl (C=O) groups is 1. The van der Waals surface area contributed by atoms with Crippen LogP contribution in [-0.2, 0) is 11.2 Å². The summed E-state index contributed by atoms with van der Waals surface area (Å²) in [6, 6.07) is 9.77. The Morgan fingerprint density at radius 1 is 1.25 bits per heavy atom. The number of non-ortho nitro benzene ring substituents is 1. The lowest BCUT2D eigenvalue weighted by atomic mass is 9.87. The SMILES string of the molecule is COc1cc2c(cc1OC)C(c1cccc([N+](=O)[O-])c1)[NH+](CC(=O)O)CC2.[Cl-]. The number of carboxylic acids is 1. The number of carboxylic acid groups (broad SMARTS) is 1. The minimum atomic E-state index is -0.913. The first-order valence-corrected chi connectivity index (χ1v) is 8.50. The van der Waals surface area contributed by atoms with E-state index in [-0.39, 0.29) is 30.7 Å². The largest absolute Gasteiger partial charge is 1.00 e. The second kappa shape index (κ2) is 8.90. The van der Waals surface area contributed by atoms with Crippen LogP contribution in [0.15, 0.2) is 36.4 Å². The van der Waals surface area contributed by atoms with Crippen LogP contribution in [0.1, 0.15) is 22.7 Å². The van der Waals surface area contributed by atoms with Gasteiger partial charge in [0.1, 0.15) is 6.04 Å². The second-order valence-corrected chi connectivity index (χ2v) is 6.42. The minimum Gasteiger partial charge on any atom is -1.00 e. The van der Waals surface area contributed by atoms with Crippen LogP contribution in [0.3, 0.4) is 0 Å². The van der Waals surface area contributed by atoms with Crippen molar-refractivity contribution in [3.05, 3.63) is 63.2 Å². The van der Waals surface area contributed by atoms with E-state index in [1.54, 1.807) is 19.2 Å². The summed E-state index contributed by atoms with van der Waals surface area (Å²) in [5.41, 5.74) is 2.61. The topological polar surface area (TPSA) is 103 Å². The van der Waals surface area contributed by atoms with E-state index in [1.807, 2.05) is 12.1 Å². The van der Waals surface area contributed by atoms with E-state index in [9.17, 15) is 20.0 Å². The van der Waals surface area contributed by atoms with Crippen LogP contribution in [0.4, 0.5) is 5.69 Å². The molecule has 0 bridgehead atoms. The average molecular weight is 409 g/mol. The highest BCUT2D eigenvalue weighted by Crippen LogP contribution is 2.36. The second-order valence-electron chi connectivity index (χ2n) is 6.42. The molecule has 2 atom stereocenters. The van der Waals surface area contributed by atoms with Gasteiger partial charge >= 0.3 is 5.97 Å². The highest BCUT2D eigenvalue weighted by Gasteiger charge is 2.35. The maximum atomic E-state index is 11.4. The number of methoxy groups -OCH3 is 2. The zero-order valence-corrected chi connectivity index (χ0v) is 16.2. The quantitative estimate of drug-likeness (QED) is 0.433. The van der Waals surface area contributed by atoms with Gasteiger partial charge in [0, 0.05) is 29.7 Å². The van der Waals surface area contributed by atoms with Crippen molar-refractivity contribution < 1.29 is 41.6 Å². The molecule has 0 fully saturated rings. The average Bonchev–Trinajstić information content (AvgIpc) is 2.66. The molecule has 2 aromatic rings. The molecule has 3 rings (SSSR count). The van der Waals surface area contributed by atoms with Crippen LogP contribution in [0, 0.1) is 10.1 Å². The summed E-state index contributed by atoms with van der Waals surface area (Å²) in [7, 11) is 3.10. The van der Waals surface area contributed by atoms with E-state index < -0.39 is 10.9 Å². The summed E-state index contributed by atoms with van der Waals surface area (Å²) < 4.78 is 10.8. The van der Waals surface area contributed by atoms with E-state index in [0.29, 0.717) is 30.0 Å². The van der Waals surface area contributed by atoms with Gasteiger partial charge in [0.2, 0.25) is 0 Å². The lowest BCUT2D eigenvalue weighted by Crippen LogP contribution is -3.14. The van der Waals surface area contributed by atoms with Crippen LogP contribution in [0.25, 0.3) is 0 Å². The summed E-state index contributed by atoms with van der Waals surface area (Å²) in [4.78, 5) is 23.0. The predicted octanol–water partition coefficient (Wildman–Crippen LogP) is -1.77. The number of rotatable bonds is 6. The molecule has 2 aromatic carbocycles. The first kappa shape index (κ1) is 21.5. The monoisotopic (exact) mass is 408 g/mol. The van der Waals surface area contributed by atoms with Gasteiger partial charge in [-0.15, -0.1) is 0 Å². The van der Waals surface area contributed by atoms with Crippen LogP contribution in [0.5, 0.6) is 11.5 Å². The lowest BCUT2D eigenvalue weighted by Gasteiger charge is -2.34. The third-order valence-electron chi connectivity index (χ3n) is 4.87. The molecule has 28 heavy (non-hydrogen) atoms. The van der Waals surface area contributed by atoms with Gasteiger partial charge in [-0.2, -0.15) is 0 Å². The smallest absolute Gasteiger partial charge is 0.359 e. The third-order valence-corrected chi connectivity index (χ3v) is 4.87. The molecule has 1 aliphatic rings. The van der Waals surface area contributed by atoms with Gasteiger partial charge < -0.3 is 31.9 Å². The molecule has 150 valence electrons. The van der Waals surface area contributed by atoms with Crippen LogP contribution in [-0.4, -0.2) is 43.3 Å². The molecule has 9 heteroatoms. The Labute approximate surface area is 168 Å². The Morgan fingerprint density at radius 3 is 2.54 bits per heavy atom. The molecule has 0 saturated carbocycles. The Kier molecular flexibility index (Phi) is 6.82. The summed E-state index contributed by atoms with van der Waals surface area (Å²) >= 11 is 0. The van der Waals surface area contributed by atoms with Crippen molar-refractivity contribution in [3.8, 4) is 11.5 Å². The zero-order chi connectivity index (χ0) is 19.6. The van der Waals surface area contributed by atoms with Crippen LogP contribution in [0.2, 0.25) is 0 Å². The number of benzene rings is 2. The Hall–Kier alpha value is -2.84. The molecule has 0 aliphatic carbocycles. The molecule has 0 saturated heterocycles. The molecule has 2 unspecified atom stereocenters. The Morgan fingerprint density at radius 2 is 1.93 bits per heavy atom. The molecule has 0 radical (unpaired) electrons. The standard InChI is InChI=1S/C19H20N2O6.ClH/c1-26-16-9-12-6-7-20(11-18(22)23)19(15(12)10-17(16)27-2)13-4-3-5-14(8-13)21(24)25;/h3-5,8-10,19H,6-7,11H2,1-2H3,(H,22,23);1H. The predicted molar refractivity (Wildman–Crippen MR) is 96.5 cm³/mol. The van der Waals surface area contributed by atoms with E-state index >= 15 is 0 Å². The number of fused-ring (bicyclic) bond motifs is 1. The highest BCUT2D eigenvalue weighted by molar-refractivity contribution is 5.67. The Bertz CT molecular complexity index is 889. The van der Waals surface area contributed by atoms with Crippen LogP contribution < -0.4 is 26.8 Å². The maximum absolute atomic E-state index is 11.4. The number of nitrogens with zero attached hydrogens (tertiary/aromatic N) is 1. The fourth-order valence-corrected chi connectivity index (χ4v) is 3.70. The fraction of sp³-hybridized carbons (Fsp3) is 0.316. The Balaban J connectivity index is 0.00000280. The summed E-state index contributed by atoms with van der Waals surface area (Å²) in [6.45, 7) is 0.517. The molecule has 2 N–H and O–H groups in total. The van der Waals surface area contributed by atoms with Crippen molar-refractivity contribution >= 4 is 11.7 Å². The van der Waals surface area contributed by atoms with Gasteiger partial charge in [0.15, 0.2) is 18.0 Å². The normalized spacial score (nSPS) is 17.8. The van der Waals surface area contributed by atoms with Gasteiger partial charge in [-0.05, 0) is 17.7 Å². The number of nitro benzene ring substituents is 1. The molecule has 1 heterocycles. The van der Waals surface area contributed by atoms with Crippen molar-refractivity contribution in [2.24, 2.45) is 0 Å². The number of hydrogen-bond acceptors (Lipinski definition) is 5. The third kappa shape index (κ3) is 4.18. The lowest BCUT2D eigenvalue weighted by molar-refractivity contribution is -0.920. The number of nitrogens with one attached hydrogen (secondary N) is 1. The van der Waals surface area contributed by atoms with Crippen molar-refractivity contribution in [2.75, 3.05) is 27.3 Å². The first-order valence-electron chi connectivity index (χ1n) is 8.50. The number of aliphatic carboxylic acids is 1. The first-order chi connectivity index (χ1) is 12.9. The molecule has 0 aromatic heterocycles. The van der Waals surface area contributed by atoms with Gasteiger partial charge in [-0.3, -0.25) is 10.1 Å². The van der Waals surface area contributed by atoms with Gasteiger partial charge in [0.25, 0.3) is 5.69 Å². The van der Waals surface area contributed by atoms with Gasteiger partial charge in [0.05, 0.1) is 25.7 Å². The van der Waals surface area contributed by atoms with E-state index in [4.69, 9.17) is 9.47 Å². The zero-order valence-electron chi connectivity index (χ0n) is 15.5. The van der Waals surface area contributed by atoms with Crippen molar-refractivity contribution in [2.45, 2.75) is 12.5 Å². The molecular weight excluding hydrogens is 388 g/mol. The van der Waals surface area contributed by atoms with E-state index in [0.717, 1.165) is 16.0 Å². The molecular formula is C19H21ClN2O6. The number of ether oxygens (including phenoxy) is 2. The van der Waals surface area contributed by atoms with Crippen molar-refractivity contribution in [1.29, 1.82) is 0 Å². The van der Waals surface area contributed by atoms with Crippen molar-refractivity contribution in [3.63, 3.8) is 0 Å². The molecule has 0 amide bonds. The summed E-state index contributed by atoms with van der Waals surface area (Å²) in [5, 5.41) is 20.5. The van der Waals surface area contributed by atoms with Crippen molar-refractivity contribution in [1.82, 2.24) is 0 Å². The van der Waals surface area contributed by atoms with E-state index in [2.05, 4.69) is 0 Å².